The van der Waals surface area contributed by atoms with Crippen molar-refractivity contribution in [3.8, 4) is 0 Å². The van der Waals surface area contributed by atoms with Gasteiger partial charge in [0, 0.05) is 6.54 Å². The van der Waals surface area contributed by atoms with Gasteiger partial charge in [-0.1, -0.05) is 32.9 Å². The molecular formula is C17H24N2O3. The van der Waals surface area contributed by atoms with Crippen molar-refractivity contribution in [1.29, 1.82) is 0 Å². The van der Waals surface area contributed by atoms with Gasteiger partial charge in [0.05, 0.1) is 11.8 Å². The summed E-state index contributed by atoms with van der Waals surface area (Å²) < 4.78 is 0. The van der Waals surface area contributed by atoms with Crippen LogP contribution in [0.1, 0.15) is 33.6 Å². The number of carbonyl (C=O) groups excluding carboxylic acids is 3. The van der Waals surface area contributed by atoms with Crippen molar-refractivity contribution >= 4 is 17.7 Å². The Bertz CT molecular complexity index is 517. The molecule has 3 aliphatic rings. The molecule has 5 heteroatoms. The largest absolute Gasteiger partial charge is 0.355 e. The van der Waals surface area contributed by atoms with E-state index in [1.807, 2.05) is 0 Å². The van der Waals surface area contributed by atoms with E-state index < -0.39 is 0 Å². The van der Waals surface area contributed by atoms with Crippen molar-refractivity contribution < 1.29 is 14.4 Å². The van der Waals surface area contributed by atoms with Crippen molar-refractivity contribution in [3.05, 3.63) is 12.2 Å². The molecule has 1 N–H and O–H groups in total. The number of hydrogen-bond donors (Lipinski definition) is 1. The Kier molecular flexibility index (Phi) is 3.62. The zero-order valence-electron chi connectivity index (χ0n) is 13.5. The van der Waals surface area contributed by atoms with Crippen LogP contribution in [0.15, 0.2) is 12.2 Å². The van der Waals surface area contributed by atoms with Gasteiger partial charge in [0.25, 0.3) is 0 Å². The van der Waals surface area contributed by atoms with Gasteiger partial charge in [-0.3, -0.25) is 19.3 Å². The highest BCUT2D eigenvalue weighted by molar-refractivity contribution is 6.08. The molecule has 1 aliphatic heterocycles. The van der Waals surface area contributed by atoms with Crippen molar-refractivity contribution in [1.82, 2.24) is 10.2 Å². The number of rotatable bonds is 4. The van der Waals surface area contributed by atoms with Gasteiger partial charge in [-0.15, -0.1) is 0 Å². The number of nitrogens with zero attached hydrogens (tertiary/aromatic N) is 1. The van der Waals surface area contributed by atoms with Crippen molar-refractivity contribution in [2.75, 3.05) is 13.1 Å². The third-order valence-electron chi connectivity index (χ3n) is 5.06. The van der Waals surface area contributed by atoms with E-state index in [0.717, 1.165) is 12.8 Å². The Hall–Kier alpha value is -1.65. The highest BCUT2D eigenvalue weighted by Gasteiger charge is 2.59. The van der Waals surface area contributed by atoms with E-state index in [4.69, 9.17) is 0 Å². The van der Waals surface area contributed by atoms with Crippen LogP contribution >= 0.6 is 0 Å². The van der Waals surface area contributed by atoms with E-state index >= 15 is 0 Å². The fourth-order valence-electron chi connectivity index (χ4n) is 3.90. The first kappa shape index (κ1) is 15.3. The lowest BCUT2D eigenvalue weighted by Crippen LogP contribution is -2.42. The minimum atomic E-state index is -0.244. The molecule has 1 saturated heterocycles. The molecule has 0 radical (unpaired) electrons. The van der Waals surface area contributed by atoms with Gasteiger partial charge in [0.1, 0.15) is 6.54 Å². The molecule has 1 heterocycles. The number of amides is 3. The SMILES string of the molecule is CC(C)(C)CCNC(=O)CN1C(=O)[C@@H]2[C@@H](C1=O)[C@H]1C=C[C@H]2C1. The summed E-state index contributed by atoms with van der Waals surface area (Å²) in [5, 5.41) is 2.81. The molecule has 0 aromatic rings. The molecule has 1 saturated carbocycles. The van der Waals surface area contributed by atoms with Crippen molar-refractivity contribution in [2.24, 2.45) is 29.1 Å². The molecule has 120 valence electrons. The third-order valence-corrected chi connectivity index (χ3v) is 5.06. The molecule has 3 amide bonds. The third kappa shape index (κ3) is 2.57. The summed E-state index contributed by atoms with van der Waals surface area (Å²) in [5.74, 6) is -0.600. The maximum Gasteiger partial charge on any atom is 0.240 e. The van der Waals surface area contributed by atoms with E-state index in [1.165, 1.54) is 4.90 Å². The van der Waals surface area contributed by atoms with Crippen LogP contribution in [-0.2, 0) is 14.4 Å². The van der Waals surface area contributed by atoms with Crippen LogP contribution in [0.5, 0.6) is 0 Å². The minimum Gasteiger partial charge on any atom is -0.355 e. The fraction of sp³-hybridized carbons (Fsp3) is 0.706. The summed E-state index contributed by atoms with van der Waals surface area (Å²) in [6.07, 6.45) is 5.90. The summed E-state index contributed by atoms with van der Waals surface area (Å²) in [7, 11) is 0. The maximum absolute atomic E-state index is 12.4. The summed E-state index contributed by atoms with van der Waals surface area (Å²) in [4.78, 5) is 38.1. The predicted molar refractivity (Wildman–Crippen MR) is 81.5 cm³/mol. The van der Waals surface area contributed by atoms with E-state index in [2.05, 4.69) is 38.2 Å². The quantitative estimate of drug-likeness (QED) is 0.630. The predicted octanol–water partition coefficient (Wildman–Crippen LogP) is 1.35. The lowest BCUT2D eigenvalue weighted by Gasteiger charge is -2.20. The number of hydrogen-bond acceptors (Lipinski definition) is 3. The zero-order valence-corrected chi connectivity index (χ0v) is 13.5. The van der Waals surface area contributed by atoms with Crippen LogP contribution < -0.4 is 5.32 Å². The van der Waals surface area contributed by atoms with Gasteiger partial charge >= 0.3 is 0 Å². The first-order valence-corrected chi connectivity index (χ1v) is 8.08. The second kappa shape index (κ2) is 5.21. The highest BCUT2D eigenvalue weighted by atomic mass is 16.2. The zero-order chi connectivity index (χ0) is 16.1. The van der Waals surface area contributed by atoms with E-state index in [-0.39, 0.29) is 53.4 Å². The summed E-state index contributed by atoms with van der Waals surface area (Å²) >= 11 is 0. The van der Waals surface area contributed by atoms with E-state index in [1.54, 1.807) is 0 Å². The van der Waals surface area contributed by atoms with Gasteiger partial charge < -0.3 is 5.32 Å². The van der Waals surface area contributed by atoms with Crippen LogP contribution in [0, 0.1) is 29.1 Å². The number of imide groups is 1. The second-order valence-electron chi connectivity index (χ2n) is 7.92. The molecule has 5 nitrogen and oxygen atoms in total. The average Bonchev–Trinajstić information content (AvgIpc) is 3.07. The topological polar surface area (TPSA) is 66.5 Å². The molecular weight excluding hydrogens is 280 g/mol. The fourth-order valence-corrected chi connectivity index (χ4v) is 3.90. The molecule has 2 bridgehead atoms. The van der Waals surface area contributed by atoms with Crippen LogP contribution in [0.3, 0.4) is 0 Å². The molecule has 0 aromatic carbocycles. The number of fused-ring (bicyclic) bond motifs is 5. The first-order valence-electron chi connectivity index (χ1n) is 8.08. The van der Waals surface area contributed by atoms with Gasteiger partial charge in [-0.05, 0) is 30.1 Å². The minimum absolute atomic E-state index is 0.131. The monoisotopic (exact) mass is 304 g/mol. The number of carbonyl (C=O) groups is 3. The Balaban J connectivity index is 1.57. The summed E-state index contributed by atoms with van der Waals surface area (Å²) in [5.41, 5.74) is 0.147. The normalized spacial score (nSPS) is 32.8. The Morgan fingerprint density at radius 3 is 2.23 bits per heavy atom. The Morgan fingerprint density at radius 2 is 1.73 bits per heavy atom. The molecule has 0 unspecified atom stereocenters. The van der Waals surface area contributed by atoms with Gasteiger partial charge in [-0.25, -0.2) is 0 Å². The highest BCUT2D eigenvalue weighted by Crippen LogP contribution is 2.52. The smallest absolute Gasteiger partial charge is 0.240 e. The van der Waals surface area contributed by atoms with Crippen LogP contribution in [-0.4, -0.2) is 35.7 Å². The molecule has 4 atom stereocenters. The second-order valence-corrected chi connectivity index (χ2v) is 7.92. The molecule has 3 rings (SSSR count). The number of allylic oxidation sites excluding steroid dienone is 2. The first-order chi connectivity index (χ1) is 10.3. The molecule has 22 heavy (non-hydrogen) atoms. The summed E-state index contributed by atoms with van der Waals surface area (Å²) in [6, 6.07) is 0. The van der Waals surface area contributed by atoms with E-state index in [0.29, 0.717) is 6.54 Å². The van der Waals surface area contributed by atoms with Crippen LogP contribution in [0.2, 0.25) is 0 Å². The van der Waals surface area contributed by atoms with Gasteiger partial charge in [0.2, 0.25) is 17.7 Å². The average molecular weight is 304 g/mol. The van der Waals surface area contributed by atoms with Crippen molar-refractivity contribution in [3.63, 3.8) is 0 Å². The lowest BCUT2D eigenvalue weighted by molar-refractivity contribution is -0.144. The van der Waals surface area contributed by atoms with Gasteiger partial charge in [0.15, 0.2) is 0 Å². The Labute approximate surface area is 131 Å². The van der Waals surface area contributed by atoms with Crippen LogP contribution in [0.25, 0.3) is 0 Å². The molecule has 2 fully saturated rings. The van der Waals surface area contributed by atoms with Gasteiger partial charge in [-0.2, -0.15) is 0 Å². The molecule has 0 spiro atoms. The number of likely N-dealkylation sites (tertiary alicyclic amines) is 1. The molecule has 0 aromatic heterocycles. The Morgan fingerprint density at radius 1 is 1.18 bits per heavy atom. The standard InChI is InChI=1S/C17H24N2O3/c1-17(2,3)6-7-18-12(20)9-19-15(21)13-10-4-5-11(8-10)14(13)16(19)22/h4-5,10-11,13-14H,6-9H2,1-3H3,(H,18,20)/t10-,11-,13-,14-/m0/s1. The van der Waals surface area contributed by atoms with Crippen LogP contribution in [0.4, 0.5) is 0 Å². The van der Waals surface area contributed by atoms with Crippen molar-refractivity contribution in [2.45, 2.75) is 33.6 Å². The maximum atomic E-state index is 12.4. The lowest BCUT2D eigenvalue weighted by atomic mass is 9.85. The summed E-state index contributed by atoms with van der Waals surface area (Å²) in [6.45, 7) is 6.76. The van der Waals surface area contributed by atoms with E-state index in [9.17, 15) is 14.4 Å². The molecule has 2 aliphatic carbocycles. The number of nitrogens with one attached hydrogen (secondary N) is 1.